The van der Waals surface area contributed by atoms with E-state index >= 15 is 0 Å². The van der Waals surface area contributed by atoms with Crippen molar-refractivity contribution in [1.29, 1.82) is 0 Å². The molecule has 1 saturated heterocycles. The molecule has 0 spiro atoms. The molecule has 1 rings (SSSR count). The summed E-state index contributed by atoms with van der Waals surface area (Å²) in [4.78, 5) is 23.8. The van der Waals surface area contributed by atoms with Gasteiger partial charge in [-0.3, -0.25) is 0 Å². The number of nitrogens with zero attached hydrogens (tertiary/aromatic N) is 1. The highest BCUT2D eigenvalue weighted by Crippen LogP contribution is 2.06. The zero-order valence-corrected chi connectivity index (χ0v) is 9.60. The predicted octanol–water partition coefficient (Wildman–Crippen LogP) is 0.280. The minimum Gasteiger partial charge on any atom is -0.480 e. The number of rotatable bonds is 4. The summed E-state index contributed by atoms with van der Waals surface area (Å²) in [7, 11) is 1.49. The fourth-order valence-corrected chi connectivity index (χ4v) is 1.68. The first-order valence-electron chi connectivity index (χ1n) is 5.40. The fraction of sp³-hybridized carbons (Fsp3) is 0.800. The summed E-state index contributed by atoms with van der Waals surface area (Å²) in [5.74, 6) is -0.983. The number of carboxylic acid groups (broad SMARTS) is 1. The van der Waals surface area contributed by atoms with Gasteiger partial charge in [0.2, 0.25) is 0 Å². The molecule has 16 heavy (non-hydrogen) atoms. The molecule has 92 valence electrons. The monoisotopic (exact) mass is 230 g/mol. The molecule has 1 aliphatic heterocycles. The number of urea groups is 1. The van der Waals surface area contributed by atoms with E-state index in [-0.39, 0.29) is 12.1 Å². The second-order valence-electron chi connectivity index (χ2n) is 3.88. The minimum atomic E-state index is -0.983. The molecule has 0 aromatic heterocycles. The van der Waals surface area contributed by atoms with Gasteiger partial charge < -0.3 is 20.1 Å². The third-order valence-corrected chi connectivity index (χ3v) is 2.72. The lowest BCUT2D eigenvalue weighted by Crippen LogP contribution is -2.49. The Hall–Kier alpha value is -1.30. The molecule has 2 N–H and O–H groups in total. The van der Waals surface area contributed by atoms with Crippen LogP contribution in [0.4, 0.5) is 4.79 Å². The predicted molar refractivity (Wildman–Crippen MR) is 57.2 cm³/mol. The number of hydrogen-bond acceptors (Lipinski definition) is 3. The SMILES string of the molecule is CCC(C(=O)O)N(C)C(=O)NC1CCOC1. The van der Waals surface area contributed by atoms with Crippen LogP contribution in [0.3, 0.4) is 0 Å². The van der Waals surface area contributed by atoms with Crippen LogP contribution >= 0.6 is 0 Å². The van der Waals surface area contributed by atoms with E-state index in [9.17, 15) is 9.59 Å². The molecule has 1 aliphatic rings. The summed E-state index contributed by atoms with van der Waals surface area (Å²) < 4.78 is 5.12. The third kappa shape index (κ3) is 3.10. The summed E-state index contributed by atoms with van der Waals surface area (Å²) in [5.41, 5.74) is 0. The van der Waals surface area contributed by atoms with Crippen LogP contribution in [-0.2, 0) is 9.53 Å². The van der Waals surface area contributed by atoms with Gasteiger partial charge in [0.15, 0.2) is 0 Å². The summed E-state index contributed by atoms with van der Waals surface area (Å²) in [6.07, 6.45) is 1.17. The Morgan fingerprint density at radius 3 is 2.75 bits per heavy atom. The Morgan fingerprint density at radius 1 is 1.62 bits per heavy atom. The van der Waals surface area contributed by atoms with Crippen LogP contribution in [0.15, 0.2) is 0 Å². The number of nitrogens with one attached hydrogen (secondary N) is 1. The van der Waals surface area contributed by atoms with Crippen LogP contribution in [0.25, 0.3) is 0 Å². The fourth-order valence-electron chi connectivity index (χ4n) is 1.68. The quantitative estimate of drug-likeness (QED) is 0.727. The molecular formula is C10H18N2O4. The smallest absolute Gasteiger partial charge is 0.326 e. The van der Waals surface area contributed by atoms with Gasteiger partial charge in [-0.25, -0.2) is 9.59 Å². The molecule has 0 radical (unpaired) electrons. The van der Waals surface area contributed by atoms with Gasteiger partial charge >= 0.3 is 12.0 Å². The van der Waals surface area contributed by atoms with E-state index in [0.717, 1.165) is 6.42 Å². The Labute approximate surface area is 94.6 Å². The maximum Gasteiger partial charge on any atom is 0.326 e. The van der Waals surface area contributed by atoms with Gasteiger partial charge in [0, 0.05) is 13.7 Å². The largest absolute Gasteiger partial charge is 0.480 e. The zero-order chi connectivity index (χ0) is 12.1. The number of carboxylic acids is 1. The van der Waals surface area contributed by atoms with Crippen LogP contribution in [-0.4, -0.2) is 54.4 Å². The van der Waals surface area contributed by atoms with Gasteiger partial charge in [-0.1, -0.05) is 6.92 Å². The highest BCUT2D eigenvalue weighted by Gasteiger charge is 2.27. The molecule has 6 nitrogen and oxygen atoms in total. The topological polar surface area (TPSA) is 78.9 Å². The lowest BCUT2D eigenvalue weighted by Gasteiger charge is -2.25. The molecule has 0 saturated carbocycles. The Kier molecular flexibility index (Phi) is 4.54. The van der Waals surface area contributed by atoms with E-state index in [2.05, 4.69) is 5.32 Å². The summed E-state index contributed by atoms with van der Waals surface area (Å²) in [6, 6.07) is -1.13. The lowest BCUT2D eigenvalue weighted by molar-refractivity contribution is -0.141. The van der Waals surface area contributed by atoms with Gasteiger partial charge in [0.1, 0.15) is 6.04 Å². The lowest BCUT2D eigenvalue weighted by atomic mass is 10.2. The maximum absolute atomic E-state index is 11.7. The van der Waals surface area contributed by atoms with Crippen molar-refractivity contribution in [2.75, 3.05) is 20.3 Å². The first kappa shape index (κ1) is 12.8. The molecule has 1 heterocycles. The van der Waals surface area contributed by atoms with Gasteiger partial charge in [0.25, 0.3) is 0 Å². The number of hydrogen-bond donors (Lipinski definition) is 2. The van der Waals surface area contributed by atoms with Crippen LogP contribution < -0.4 is 5.32 Å². The number of carbonyl (C=O) groups is 2. The van der Waals surface area contributed by atoms with Crippen molar-refractivity contribution in [3.05, 3.63) is 0 Å². The minimum absolute atomic E-state index is 0.00116. The van der Waals surface area contributed by atoms with Gasteiger partial charge in [-0.2, -0.15) is 0 Å². The molecule has 2 unspecified atom stereocenters. The van der Waals surface area contributed by atoms with Crippen molar-refractivity contribution in [3.63, 3.8) is 0 Å². The first-order chi connectivity index (χ1) is 7.56. The molecule has 0 aromatic rings. The summed E-state index contributed by atoms with van der Waals surface area (Å²) in [5, 5.41) is 11.7. The number of amides is 2. The van der Waals surface area contributed by atoms with Gasteiger partial charge in [-0.05, 0) is 12.8 Å². The number of likely N-dealkylation sites (N-methyl/N-ethyl adjacent to an activating group) is 1. The van der Waals surface area contributed by atoms with E-state index in [1.807, 2.05) is 0 Å². The van der Waals surface area contributed by atoms with E-state index < -0.39 is 12.0 Å². The zero-order valence-electron chi connectivity index (χ0n) is 9.60. The van der Waals surface area contributed by atoms with Crippen molar-refractivity contribution < 1.29 is 19.4 Å². The van der Waals surface area contributed by atoms with E-state index in [1.54, 1.807) is 6.92 Å². The summed E-state index contributed by atoms with van der Waals surface area (Å²) >= 11 is 0. The molecule has 0 aliphatic carbocycles. The van der Waals surface area contributed by atoms with Gasteiger partial charge in [0.05, 0.1) is 12.6 Å². The van der Waals surface area contributed by atoms with E-state index in [4.69, 9.17) is 9.84 Å². The average Bonchev–Trinajstić information content (AvgIpc) is 2.70. The maximum atomic E-state index is 11.7. The van der Waals surface area contributed by atoms with Crippen molar-refractivity contribution in [2.45, 2.75) is 31.8 Å². The van der Waals surface area contributed by atoms with Crippen LogP contribution in [0, 0.1) is 0 Å². The normalized spacial score (nSPS) is 21.5. The van der Waals surface area contributed by atoms with Crippen molar-refractivity contribution in [1.82, 2.24) is 10.2 Å². The molecule has 6 heteroatoms. The first-order valence-corrected chi connectivity index (χ1v) is 5.40. The van der Waals surface area contributed by atoms with Crippen LogP contribution in [0.2, 0.25) is 0 Å². The molecule has 2 atom stereocenters. The molecule has 0 aromatic carbocycles. The second kappa shape index (κ2) is 5.69. The van der Waals surface area contributed by atoms with Crippen molar-refractivity contribution in [3.8, 4) is 0 Å². The standard InChI is InChI=1S/C10H18N2O4/c1-3-8(9(13)14)12(2)10(15)11-7-4-5-16-6-7/h7-8H,3-6H2,1-2H3,(H,11,15)(H,13,14). The molecule has 1 fully saturated rings. The number of aliphatic carboxylic acids is 1. The van der Waals surface area contributed by atoms with E-state index in [0.29, 0.717) is 19.6 Å². The Bertz CT molecular complexity index is 264. The summed E-state index contributed by atoms with van der Waals surface area (Å²) in [6.45, 7) is 2.88. The van der Waals surface area contributed by atoms with Crippen LogP contribution in [0.5, 0.6) is 0 Å². The third-order valence-electron chi connectivity index (χ3n) is 2.72. The van der Waals surface area contributed by atoms with E-state index in [1.165, 1.54) is 11.9 Å². The van der Waals surface area contributed by atoms with Crippen molar-refractivity contribution in [2.24, 2.45) is 0 Å². The second-order valence-corrected chi connectivity index (χ2v) is 3.88. The highest BCUT2D eigenvalue weighted by molar-refractivity contribution is 5.82. The molecular weight excluding hydrogens is 212 g/mol. The van der Waals surface area contributed by atoms with Crippen LogP contribution in [0.1, 0.15) is 19.8 Å². The Balaban J connectivity index is 2.48. The molecule has 0 bridgehead atoms. The Morgan fingerprint density at radius 2 is 2.31 bits per heavy atom. The number of ether oxygens (including phenoxy) is 1. The molecule has 2 amide bonds. The van der Waals surface area contributed by atoms with Gasteiger partial charge in [-0.15, -0.1) is 0 Å². The number of carbonyl (C=O) groups excluding carboxylic acids is 1. The van der Waals surface area contributed by atoms with Crippen molar-refractivity contribution >= 4 is 12.0 Å². The average molecular weight is 230 g/mol. The highest BCUT2D eigenvalue weighted by atomic mass is 16.5.